The van der Waals surface area contributed by atoms with Gasteiger partial charge in [0.1, 0.15) is 5.75 Å². The number of nitrogens with zero attached hydrogens (tertiary/aromatic N) is 2. The van der Waals surface area contributed by atoms with Gasteiger partial charge in [0.25, 0.3) is 5.91 Å². The molecule has 0 spiro atoms. The molecule has 2 aromatic carbocycles. The largest absolute Gasteiger partial charge is 0.573 e. The molecule has 1 aliphatic heterocycles. The van der Waals surface area contributed by atoms with Crippen molar-refractivity contribution >= 4 is 40.9 Å². The van der Waals surface area contributed by atoms with Crippen molar-refractivity contribution < 1.29 is 22.7 Å². The van der Waals surface area contributed by atoms with Crippen LogP contribution in [0.3, 0.4) is 0 Å². The summed E-state index contributed by atoms with van der Waals surface area (Å²) >= 11 is 14.1. The highest BCUT2D eigenvalue weighted by molar-refractivity contribution is 7.99. The molecule has 5 nitrogen and oxygen atoms in total. The molecule has 3 rings (SSSR count). The maximum Gasteiger partial charge on any atom is 0.573 e. The summed E-state index contributed by atoms with van der Waals surface area (Å²) in [6.45, 7) is 5.36. The van der Waals surface area contributed by atoms with E-state index in [1.54, 1.807) is 23.9 Å². The van der Waals surface area contributed by atoms with Gasteiger partial charge in [0.2, 0.25) is 0 Å². The van der Waals surface area contributed by atoms with E-state index in [1.807, 2.05) is 24.9 Å². The highest BCUT2D eigenvalue weighted by atomic mass is 35.5. The van der Waals surface area contributed by atoms with E-state index in [0.717, 1.165) is 35.4 Å². The smallest absolute Gasteiger partial charge is 0.405 e. The van der Waals surface area contributed by atoms with Crippen molar-refractivity contribution in [3.63, 3.8) is 0 Å². The number of halogens is 5. The van der Waals surface area contributed by atoms with E-state index in [9.17, 15) is 18.0 Å². The standard InChI is InChI=1S/C23H26Cl2F3N3O2S/c1-3-34-21-5-4-17(24)10-16(21)13-29-22(32)15-11-19(25)18(20(12-15)33-23(26,27)28)14-31-8-6-30(2)7-9-31/h4-5,10-12H,3,6-9,13-14H2,1-2H3,(H,29,32). The molecule has 1 saturated heterocycles. The first kappa shape index (κ1) is 26.9. The summed E-state index contributed by atoms with van der Waals surface area (Å²) in [7, 11) is 1.99. The van der Waals surface area contributed by atoms with Crippen LogP contribution >= 0.6 is 35.0 Å². The van der Waals surface area contributed by atoms with E-state index in [2.05, 4.69) is 15.0 Å². The van der Waals surface area contributed by atoms with Crippen LogP contribution in [-0.4, -0.2) is 61.0 Å². The number of hydrogen-bond acceptors (Lipinski definition) is 5. The Morgan fingerprint density at radius 2 is 1.85 bits per heavy atom. The third-order valence-corrected chi connectivity index (χ3v) is 6.95. The SMILES string of the molecule is CCSc1ccc(Cl)cc1CNC(=O)c1cc(Cl)c(CN2CCN(C)CC2)c(OC(F)(F)F)c1. The second-order valence-corrected chi connectivity index (χ2v) is 10.1. The molecule has 0 bridgehead atoms. The minimum absolute atomic E-state index is 0.0156. The van der Waals surface area contributed by atoms with Gasteiger partial charge < -0.3 is 15.0 Å². The summed E-state index contributed by atoms with van der Waals surface area (Å²) in [5, 5.41) is 3.32. The van der Waals surface area contributed by atoms with Crippen molar-refractivity contribution in [1.82, 2.24) is 15.1 Å². The maximum atomic E-state index is 13.1. The number of thioether (sulfide) groups is 1. The average Bonchev–Trinajstić information content (AvgIpc) is 2.76. The first-order valence-electron chi connectivity index (χ1n) is 10.7. The van der Waals surface area contributed by atoms with Gasteiger partial charge in [0, 0.05) is 65.3 Å². The van der Waals surface area contributed by atoms with Gasteiger partial charge in [-0.1, -0.05) is 30.1 Å². The molecular weight excluding hydrogens is 510 g/mol. The molecule has 1 amide bonds. The van der Waals surface area contributed by atoms with Crippen LogP contribution in [0, 0.1) is 0 Å². The van der Waals surface area contributed by atoms with Crippen LogP contribution in [-0.2, 0) is 13.1 Å². The molecular formula is C23H26Cl2F3N3O2S. The molecule has 34 heavy (non-hydrogen) atoms. The van der Waals surface area contributed by atoms with E-state index < -0.39 is 18.0 Å². The molecule has 1 fully saturated rings. The van der Waals surface area contributed by atoms with E-state index in [-0.39, 0.29) is 29.2 Å². The number of benzene rings is 2. The Labute approximate surface area is 211 Å². The number of amides is 1. The number of hydrogen-bond donors (Lipinski definition) is 1. The van der Waals surface area contributed by atoms with E-state index in [4.69, 9.17) is 23.2 Å². The molecule has 186 valence electrons. The second kappa shape index (κ2) is 11.9. The molecule has 0 saturated carbocycles. The van der Waals surface area contributed by atoms with Gasteiger partial charge in [-0.05, 0) is 48.7 Å². The van der Waals surface area contributed by atoms with Crippen LogP contribution in [0.25, 0.3) is 0 Å². The molecule has 1 N–H and O–H groups in total. The van der Waals surface area contributed by atoms with Crippen molar-refractivity contribution in [1.29, 1.82) is 0 Å². The van der Waals surface area contributed by atoms with Crippen LogP contribution in [0.1, 0.15) is 28.4 Å². The van der Waals surface area contributed by atoms with Gasteiger partial charge >= 0.3 is 6.36 Å². The molecule has 0 aliphatic carbocycles. The zero-order chi connectivity index (χ0) is 24.9. The number of carbonyl (C=O) groups is 1. The molecule has 0 unspecified atom stereocenters. The average molecular weight is 536 g/mol. The topological polar surface area (TPSA) is 44.8 Å². The predicted molar refractivity (Wildman–Crippen MR) is 130 cm³/mol. The molecule has 1 aliphatic rings. The minimum atomic E-state index is -4.91. The number of ether oxygens (including phenoxy) is 1. The van der Waals surface area contributed by atoms with Crippen LogP contribution < -0.4 is 10.1 Å². The Bertz CT molecular complexity index is 1020. The quantitative estimate of drug-likeness (QED) is 0.440. The minimum Gasteiger partial charge on any atom is -0.405 e. The second-order valence-electron chi connectivity index (χ2n) is 7.93. The number of nitrogens with one attached hydrogen (secondary N) is 1. The van der Waals surface area contributed by atoms with Gasteiger partial charge in [-0.15, -0.1) is 24.9 Å². The van der Waals surface area contributed by atoms with Crippen LogP contribution in [0.15, 0.2) is 35.2 Å². The van der Waals surface area contributed by atoms with E-state index in [1.165, 1.54) is 6.07 Å². The third kappa shape index (κ3) is 7.68. The van der Waals surface area contributed by atoms with Gasteiger partial charge in [-0.3, -0.25) is 9.69 Å². The fourth-order valence-corrected chi connectivity index (χ4v) is 4.86. The summed E-state index contributed by atoms with van der Waals surface area (Å²) in [5.41, 5.74) is 1.01. The Morgan fingerprint density at radius 3 is 2.50 bits per heavy atom. The number of carbonyl (C=O) groups excluding carboxylic acids is 1. The summed E-state index contributed by atoms with van der Waals surface area (Å²) in [6, 6.07) is 7.87. The van der Waals surface area contributed by atoms with Crippen molar-refractivity contribution in [2.75, 3.05) is 39.0 Å². The summed E-state index contributed by atoms with van der Waals surface area (Å²) in [4.78, 5) is 17.9. The first-order chi connectivity index (χ1) is 16.1. The van der Waals surface area contributed by atoms with Crippen molar-refractivity contribution in [2.45, 2.75) is 31.3 Å². The Kier molecular flexibility index (Phi) is 9.40. The number of likely N-dealkylation sites (N-methyl/N-ethyl adjacent to an activating group) is 1. The summed E-state index contributed by atoms with van der Waals surface area (Å²) in [5.74, 6) is -0.188. The van der Waals surface area contributed by atoms with Crippen LogP contribution in [0.2, 0.25) is 10.0 Å². The fourth-order valence-electron chi connectivity index (χ4n) is 3.60. The lowest BCUT2D eigenvalue weighted by molar-refractivity contribution is -0.275. The summed E-state index contributed by atoms with van der Waals surface area (Å²) in [6.07, 6.45) is -4.91. The number of rotatable bonds is 8. The third-order valence-electron chi connectivity index (χ3n) is 5.38. The van der Waals surface area contributed by atoms with E-state index in [0.29, 0.717) is 18.1 Å². The molecule has 2 aromatic rings. The molecule has 0 radical (unpaired) electrons. The number of alkyl halides is 3. The Morgan fingerprint density at radius 1 is 1.15 bits per heavy atom. The zero-order valence-corrected chi connectivity index (χ0v) is 21.2. The maximum absolute atomic E-state index is 13.1. The molecule has 0 atom stereocenters. The lowest BCUT2D eigenvalue weighted by atomic mass is 10.1. The predicted octanol–water partition coefficient (Wildman–Crippen LogP) is 5.68. The van der Waals surface area contributed by atoms with Crippen molar-refractivity contribution in [3.8, 4) is 5.75 Å². The van der Waals surface area contributed by atoms with Gasteiger partial charge in [0.15, 0.2) is 0 Å². The number of piperazine rings is 1. The lowest BCUT2D eigenvalue weighted by Crippen LogP contribution is -2.44. The van der Waals surface area contributed by atoms with E-state index >= 15 is 0 Å². The van der Waals surface area contributed by atoms with Crippen molar-refractivity contribution in [2.24, 2.45) is 0 Å². The monoisotopic (exact) mass is 535 g/mol. The lowest BCUT2D eigenvalue weighted by Gasteiger charge is -2.33. The molecule has 0 aromatic heterocycles. The highest BCUT2D eigenvalue weighted by Crippen LogP contribution is 2.34. The van der Waals surface area contributed by atoms with Crippen LogP contribution in [0.5, 0.6) is 5.75 Å². The van der Waals surface area contributed by atoms with Gasteiger partial charge in [-0.2, -0.15) is 0 Å². The Hall–Kier alpha value is -1.65. The molecule has 11 heteroatoms. The van der Waals surface area contributed by atoms with Gasteiger partial charge in [-0.25, -0.2) is 0 Å². The normalized spacial score (nSPS) is 15.4. The van der Waals surface area contributed by atoms with Crippen LogP contribution in [0.4, 0.5) is 13.2 Å². The summed E-state index contributed by atoms with van der Waals surface area (Å²) < 4.78 is 43.7. The molecule has 1 heterocycles. The fraction of sp³-hybridized carbons (Fsp3) is 0.435. The van der Waals surface area contributed by atoms with Crippen molar-refractivity contribution in [3.05, 3.63) is 57.1 Å². The highest BCUT2D eigenvalue weighted by Gasteiger charge is 2.33. The Balaban J connectivity index is 1.81. The van der Waals surface area contributed by atoms with Gasteiger partial charge in [0.05, 0.1) is 0 Å². The zero-order valence-electron chi connectivity index (χ0n) is 18.8. The first-order valence-corrected chi connectivity index (χ1v) is 12.5.